The number of fused-ring (bicyclic) bond motifs is 1. The molecule has 0 radical (unpaired) electrons. The maximum absolute atomic E-state index is 13.3. The molecule has 3 N–H and O–H groups in total. The minimum atomic E-state index is -0.368. The summed E-state index contributed by atoms with van der Waals surface area (Å²) >= 11 is 1.51. The molecule has 4 heterocycles. The summed E-state index contributed by atoms with van der Waals surface area (Å²) in [7, 11) is 2.14. The van der Waals surface area contributed by atoms with E-state index in [1.54, 1.807) is 22.7 Å². The molecule has 204 valence electrons. The van der Waals surface area contributed by atoms with Crippen molar-refractivity contribution in [2.45, 2.75) is 25.9 Å². The van der Waals surface area contributed by atoms with E-state index in [2.05, 4.69) is 39.6 Å². The second kappa shape index (κ2) is 12.0. The molecule has 0 saturated carbocycles. The monoisotopic (exact) mass is 546 g/mol. The fourth-order valence-electron chi connectivity index (χ4n) is 4.76. The molecule has 0 spiro atoms. The molecule has 10 heteroatoms. The minimum absolute atomic E-state index is 0.156. The molecule has 2 amide bonds. The Morgan fingerprint density at radius 2 is 1.85 bits per heavy atom. The van der Waals surface area contributed by atoms with Crippen LogP contribution in [0.1, 0.15) is 39.8 Å². The highest BCUT2D eigenvalue weighted by molar-refractivity contribution is 7.08. The number of aliphatic hydroxyl groups is 1. The van der Waals surface area contributed by atoms with Gasteiger partial charge in [-0.15, -0.1) is 0 Å². The van der Waals surface area contributed by atoms with Crippen LogP contribution in [0.25, 0.3) is 16.9 Å². The number of amides is 2. The third kappa shape index (κ3) is 5.83. The topological polar surface area (TPSA) is 102 Å². The van der Waals surface area contributed by atoms with Crippen LogP contribution in [0.3, 0.4) is 0 Å². The van der Waals surface area contributed by atoms with Crippen LogP contribution in [-0.2, 0) is 6.54 Å². The summed E-state index contributed by atoms with van der Waals surface area (Å²) in [6, 6.07) is 13.3. The molecule has 39 heavy (non-hydrogen) atoms. The number of nitrogens with one attached hydrogen (secondary N) is 2. The summed E-state index contributed by atoms with van der Waals surface area (Å²) in [6.45, 7) is 6.24. The number of rotatable bonds is 9. The van der Waals surface area contributed by atoms with Gasteiger partial charge in [-0.3, -0.25) is 14.0 Å². The fraction of sp³-hybridized carbons (Fsp3) is 0.345. The average molecular weight is 547 g/mol. The van der Waals surface area contributed by atoms with E-state index in [1.807, 2.05) is 35.9 Å². The van der Waals surface area contributed by atoms with Crippen molar-refractivity contribution < 1.29 is 14.7 Å². The lowest BCUT2D eigenvalue weighted by Crippen LogP contribution is -2.44. The lowest BCUT2D eigenvalue weighted by Gasteiger charge is -2.34. The third-order valence-electron chi connectivity index (χ3n) is 7.21. The molecule has 1 aliphatic rings. The number of pyridine rings is 1. The smallest absolute Gasteiger partial charge is 0.270 e. The molecule has 1 aliphatic heterocycles. The van der Waals surface area contributed by atoms with E-state index < -0.39 is 0 Å². The van der Waals surface area contributed by atoms with Crippen molar-refractivity contribution in [2.24, 2.45) is 0 Å². The van der Waals surface area contributed by atoms with E-state index in [0.717, 1.165) is 37.3 Å². The summed E-state index contributed by atoms with van der Waals surface area (Å²) < 4.78 is 1.66. The first-order chi connectivity index (χ1) is 19.0. The van der Waals surface area contributed by atoms with Crippen molar-refractivity contribution in [1.29, 1.82) is 0 Å². The highest BCUT2D eigenvalue weighted by atomic mass is 32.1. The number of aromatic nitrogens is 2. The van der Waals surface area contributed by atoms with E-state index in [-0.39, 0.29) is 24.5 Å². The van der Waals surface area contributed by atoms with Crippen molar-refractivity contribution in [3.05, 3.63) is 76.2 Å². The number of hydrogen-bond acceptors (Lipinski definition) is 7. The van der Waals surface area contributed by atoms with E-state index in [9.17, 15) is 14.7 Å². The third-order valence-corrected chi connectivity index (χ3v) is 7.89. The van der Waals surface area contributed by atoms with Crippen molar-refractivity contribution in [2.75, 3.05) is 44.7 Å². The molecule has 9 nitrogen and oxygen atoms in total. The Hall–Kier alpha value is -3.73. The quantitative estimate of drug-likeness (QED) is 0.298. The van der Waals surface area contributed by atoms with E-state index in [0.29, 0.717) is 35.6 Å². The number of likely N-dealkylation sites (N-methyl/N-ethyl adjacent to an activating group) is 1. The van der Waals surface area contributed by atoms with Crippen LogP contribution in [0.5, 0.6) is 0 Å². The van der Waals surface area contributed by atoms with Gasteiger partial charge in [0.05, 0.1) is 18.2 Å². The van der Waals surface area contributed by atoms with E-state index >= 15 is 0 Å². The Morgan fingerprint density at radius 3 is 2.51 bits per heavy atom. The molecule has 0 unspecified atom stereocenters. The predicted octanol–water partition coefficient (Wildman–Crippen LogP) is 3.25. The van der Waals surface area contributed by atoms with Gasteiger partial charge in [0.1, 0.15) is 11.4 Å². The van der Waals surface area contributed by atoms with E-state index in [1.165, 1.54) is 17.0 Å². The predicted molar refractivity (Wildman–Crippen MR) is 154 cm³/mol. The Kier molecular flexibility index (Phi) is 8.25. The molecule has 1 aromatic carbocycles. The van der Waals surface area contributed by atoms with Gasteiger partial charge in [-0.2, -0.15) is 11.3 Å². The molecule has 0 bridgehead atoms. The van der Waals surface area contributed by atoms with Gasteiger partial charge in [-0.25, -0.2) is 4.98 Å². The average Bonchev–Trinajstić information content (AvgIpc) is 3.63. The van der Waals surface area contributed by atoms with Crippen LogP contribution < -0.4 is 15.5 Å². The van der Waals surface area contributed by atoms with Gasteiger partial charge in [0.2, 0.25) is 0 Å². The maximum atomic E-state index is 13.3. The van der Waals surface area contributed by atoms with Crippen molar-refractivity contribution in [1.82, 2.24) is 24.9 Å². The first kappa shape index (κ1) is 26.9. The first-order valence-electron chi connectivity index (χ1n) is 13.2. The highest BCUT2D eigenvalue weighted by Gasteiger charge is 2.25. The van der Waals surface area contributed by atoms with Gasteiger partial charge >= 0.3 is 0 Å². The second-order valence-corrected chi connectivity index (χ2v) is 10.6. The Morgan fingerprint density at radius 1 is 1.08 bits per heavy atom. The summed E-state index contributed by atoms with van der Waals surface area (Å²) in [5.41, 5.74) is 4.63. The number of nitrogens with zero attached hydrogens (tertiary/aromatic N) is 4. The standard InChI is InChI=1S/C29H34N6O3S/c1-3-22(18-36)31-29(38)26-25(21-10-16-39-19-21)32-27-24(5-4-11-35(26)27)28(37)30-17-20-6-8-23(9-7-20)34-14-12-33(2)13-15-34/h4-11,16,19,22,36H,3,12-15,17-18H2,1-2H3,(H,30,37)(H,31,38)/t22-/m1/s1. The molecule has 1 fully saturated rings. The molecule has 1 atom stereocenters. The number of hydrogen-bond donors (Lipinski definition) is 3. The van der Waals surface area contributed by atoms with Crippen LogP contribution in [0, 0.1) is 0 Å². The molecular formula is C29H34N6O3S. The number of anilines is 1. The maximum Gasteiger partial charge on any atom is 0.270 e. The van der Waals surface area contributed by atoms with Gasteiger partial charge in [0.15, 0.2) is 5.65 Å². The lowest BCUT2D eigenvalue weighted by atomic mass is 10.1. The van der Waals surface area contributed by atoms with Crippen LogP contribution in [0.2, 0.25) is 0 Å². The van der Waals surface area contributed by atoms with Crippen LogP contribution >= 0.6 is 11.3 Å². The van der Waals surface area contributed by atoms with Crippen LogP contribution in [0.15, 0.2) is 59.4 Å². The minimum Gasteiger partial charge on any atom is -0.394 e. The van der Waals surface area contributed by atoms with Gasteiger partial charge in [-0.05, 0) is 54.7 Å². The summed E-state index contributed by atoms with van der Waals surface area (Å²) in [5, 5.41) is 19.4. The zero-order valence-electron chi connectivity index (χ0n) is 22.3. The largest absolute Gasteiger partial charge is 0.394 e. The van der Waals surface area contributed by atoms with Crippen molar-refractivity contribution in [3.63, 3.8) is 0 Å². The van der Waals surface area contributed by atoms with Crippen molar-refractivity contribution in [3.8, 4) is 11.3 Å². The number of aliphatic hydroxyl groups excluding tert-OH is 1. The first-order valence-corrected chi connectivity index (χ1v) is 14.2. The number of carbonyl (C=O) groups is 2. The van der Waals surface area contributed by atoms with Gasteiger partial charge < -0.3 is 25.5 Å². The molecule has 3 aromatic heterocycles. The van der Waals surface area contributed by atoms with Gasteiger partial charge in [0.25, 0.3) is 11.8 Å². The number of thiophene rings is 1. The van der Waals surface area contributed by atoms with Crippen LogP contribution in [-0.4, -0.2) is 77.1 Å². The molecule has 1 saturated heterocycles. The van der Waals surface area contributed by atoms with Gasteiger partial charge in [0, 0.05) is 55.6 Å². The fourth-order valence-corrected chi connectivity index (χ4v) is 5.40. The molecular weight excluding hydrogens is 512 g/mol. The SMILES string of the molecule is CC[C@H](CO)NC(=O)c1c(-c2ccsc2)nc2c(C(=O)NCc3ccc(N4CCN(C)CC4)cc3)cccn12. The summed E-state index contributed by atoms with van der Waals surface area (Å²) in [6.07, 6.45) is 2.33. The zero-order chi connectivity index (χ0) is 27.4. The molecule has 4 aromatic rings. The number of carbonyl (C=O) groups excluding carboxylic acids is 2. The number of piperazine rings is 1. The van der Waals surface area contributed by atoms with Crippen LogP contribution in [0.4, 0.5) is 5.69 Å². The Balaban J connectivity index is 1.37. The Labute approximate surface area is 232 Å². The Bertz CT molecular complexity index is 1420. The summed E-state index contributed by atoms with van der Waals surface area (Å²) in [4.78, 5) is 36.1. The summed E-state index contributed by atoms with van der Waals surface area (Å²) in [5.74, 6) is -0.609. The molecule has 0 aliphatic carbocycles. The number of imidazole rings is 1. The van der Waals surface area contributed by atoms with E-state index in [4.69, 9.17) is 4.98 Å². The number of benzene rings is 1. The normalized spacial score (nSPS) is 14.9. The van der Waals surface area contributed by atoms with Gasteiger partial charge in [-0.1, -0.05) is 19.1 Å². The second-order valence-electron chi connectivity index (χ2n) is 9.84. The highest BCUT2D eigenvalue weighted by Crippen LogP contribution is 2.28. The zero-order valence-corrected chi connectivity index (χ0v) is 23.1. The lowest BCUT2D eigenvalue weighted by molar-refractivity contribution is 0.0907. The van der Waals surface area contributed by atoms with Crippen molar-refractivity contribution >= 4 is 34.5 Å². The molecule has 5 rings (SSSR count).